The number of carbonyl (C=O) groups excluding carboxylic acids is 1. The van der Waals surface area contributed by atoms with Crippen LogP contribution in [0.15, 0.2) is 48.5 Å². The Morgan fingerprint density at radius 3 is 2.64 bits per heavy atom. The Bertz CT molecular complexity index is 887. The maximum atomic E-state index is 12.2. The molecule has 1 heterocycles. The number of aryl methyl sites for hydroxylation is 3. The fourth-order valence-electron chi connectivity index (χ4n) is 2.56. The number of benzene rings is 2. The first kappa shape index (κ1) is 17.6. The van der Waals surface area contributed by atoms with Crippen molar-refractivity contribution < 1.29 is 4.79 Å². The number of amides is 1. The molecule has 1 amide bonds. The van der Waals surface area contributed by atoms with Crippen LogP contribution in [0, 0.1) is 13.8 Å². The fraction of sp³-hybridized carbons (Fsp3) is 0.200. The molecule has 0 aliphatic carbocycles. The molecule has 0 bridgehead atoms. The average molecular weight is 371 g/mol. The molecule has 1 N–H and O–H groups in total. The number of carbonyl (C=O) groups is 1. The minimum Gasteiger partial charge on any atom is -0.302 e. The van der Waals surface area contributed by atoms with E-state index in [1.54, 1.807) is 0 Å². The molecule has 128 valence electrons. The molecule has 5 heteroatoms. The van der Waals surface area contributed by atoms with Gasteiger partial charge in [-0.1, -0.05) is 53.6 Å². The van der Waals surface area contributed by atoms with Gasteiger partial charge in [-0.2, -0.15) is 0 Å². The van der Waals surface area contributed by atoms with Crippen molar-refractivity contribution in [3.63, 3.8) is 0 Å². The number of nitrogens with zero attached hydrogens (tertiary/aromatic N) is 1. The molecular formula is C20H19ClN2OS. The van der Waals surface area contributed by atoms with Crippen LogP contribution in [0.3, 0.4) is 0 Å². The molecule has 0 saturated heterocycles. The largest absolute Gasteiger partial charge is 0.302 e. The molecule has 0 saturated carbocycles. The highest BCUT2D eigenvalue weighted by Gasteiger charge is 2.12. The van der Waals surface area contributed by atoms with E-state index in [0.717, 1.165) is 21.7 Å². The van der Waals surface area contributed by atoms with Crippen molar-refractivity contribution in [2.24, 2.45) is 0 Å². The van der Waals surface area contributed by atoms with E-state index in [1.165, 1.54) is 16.9 Å². The Morgan fingerprint density at radius 2 is 1.92 bits per heavy atom. The van der Waals surface area contributed by atoms with E-state index < -0.39 is 0 Å². The van der Waals surface area contributed by atoms with E-state index in [1.807, 2.05) is 31.2 Å². The summed E-state index contributed by atoms with van der Waals surface area (Å²) in [5.74, 6) is -0.0378. The first-order chi connectivity index (χ1) is 12.0. The van der Waals surface area contributed by atoms with Crippen molar-refractivity contribution in [1.82, 2.24) is 4.98 Å². The van der Waals surface area contributed by atoms with Gasteiger partial charge >= 0.3 is 0 Å². The summed E-state index contributed by atoms with van der Waals surface area (Å²) in [6, 6.07) is 15.8. The first-order valence-corrected chi connectivity index (χ1v) is 9.29. The predicted molar refractivity (Wildman–Crippen MR) is 105 cm³/mol. The number of thiazole rings is 1. The number of halogens is 1. The lowest BCUT2D eigenvalue weighted by molar-refractivity contribution is -0.116. The molecular weight excluding hydrogens is 352 g/mol. The number of aromatic nitrogens is 1. The lowest BCUT2D eigenvalue weighted by Gasteiger charge is -2.03. The lowest BCUT2D eigenvalue weighted by Crippen LogP contribution is -2.12. The molecule has 0 spiro atoms. The van der Waals surface area contributed by atoms with Gasteiger partial charge in [0.05, 0.1) is 5.69 Å². The molecule has 3 nitrogen and oxygen atoms in total. The normalized spacial score (nSPS) is 10.7. The summed E-state index contributed by atoms with van der Waals surface area (Å²) in [5.41, 5.74) is 4.26. The van der Waals surface area contributed by atoms with E-state index in [9.17, 15) is 4.79 Å². The second kappa shape index (κ2) is 7.81. The Labute approximate surface area is 156 Å². The van der Waals surface area contributed by atoms with Crippen LogP contribution in [0.25, 0.3) is 11.3 Å². The maximum absolute atomic E-state index is 12.2. The molecule has 0 aliphatic rings. The summed E-state index contributed by atoms with van der Waals surface area (Å²) < 4.78 is 0. The van der Waals surface area contributed by atoms with E-state index in [4.69, 9.17) is 11.6 Å². The molecule has 3 rings (SSSR count). The zero-order valence-electron chi connectivity index (χ0n) is 14.2. The van der Waals surface area contributed by atoms with E-state index in [2.05, 4.69) is 41.5 Å². The van der Waals surface area contributed by atoms with Crippen molar-refractivity contribution in [1.29, 1.82) is 0 Å². The van der Waals surface area contributed by atoms with Gasteiger partial charge in [-0.15, -0.1) is 11.3 Å². The van der Waals surface area contributed by atoms with Crippen LogP contribution < -0.4 is 5.32 Å². The van der Waals surface area contributed by atoms with Crippen molar-refractivity contribution in [2.45, 2.75) is 26.7 Å². The van der Waals surface area contributed by atoms with Crippen molar-refractivity contribution >= 4 is 34.0 Å². The molecule has 0 unspecified atom stereocenters. The van der Waals surface area contributed by atoms with Gasteiger partial charge in [0.15, 0.2) is 5.13 Å². The summed E-state index contributed by atoms with van der Waals surface area (Å²) >= 11 is 7.47. The topological polar surface area (TPSA) is 42.0 Å². The minimum atomic E-state index is -0.0378. The van der Waals surface area contributed by atoms with Crippen LogP contribution in [-0.2, 0) is 11.2 Å². The van der Waals surface area contributed by atoms with Crippen LogP contribution >= 0.6 is 22.9 Å². The minimum absolute atomic E-state index is 0.0378. The van der Waals surface area contributed by atoms with E-state index in [-0.39, 0.29) is 5.91 Å². The third-order valence-corrected chi connectivity index (χ3v) is 5.02. The number of hydrogen-bond acceptors (Lipinski definition) is 3. The number of rotatable bonds is 5. The summed E-state index contributed by atoms with van der Waals surface area (Å²) in [5, 5.41) is 4.24. The quantitative estimate of drug-likeness (QED) is 0.630. The van der Waals surface area contributed by atoms with Crippen LogP contribution in [-0.4, -0.2) is 10.9 Å². The number of nitrogens with one attached hydrogen (secondary N) is 1. The highest BCUT2D eigenvalue weighted by atomic mass is 35.5. The average Bonchev–Trinajstić information content (AvgIpc) is 2.94. The predicted octanol–water partition coefficient (Wildman–Crippen LogP) is 5.65. The third kappa shape index (κ3) is 4.68. The van der Waals surface area contributed by atoms with Crippen LogP contribution in [0.4, 0.5) is 5.13 Å². The van der Waals surface area contributed by atoms with Gasteiger partial charge < -0.3 is 5.32 Å². The Morgan fingerprint density at radius 1 is 1.16 bits per heavy atom. The first-order valence-electron chi connectivity index (χ1n) is 8.10. The molecule has 0 atom stereocenters. The lowest BCUT2D eigenvalue weighted by atomic mass is 10.1. The molecule has 25 heavy (non-hydrogen) atoms. The van der Waals surface area contributed by atoms with Crippen molar-refractivity contribution in [3.8, 4) is 11.3 Å². The monoisotopic (exact) mass is 370 g/mol. The highest BCUT2D eigenvalue weighted by Crippen LogP contribution is 2.30. The standard InChI is InChI=1S/C20H19ClN2OS/c1-13-6-9-16(10-7-13)19-14(2)25-20(23-19)22-18(24)11-8-15-4-3-5-17(21)12-15/h3-7,9-10,12H,8,11H2,1-2H3,(H,22,23,24). The molecule has 0 radical (unpaired) electrons. The van der Waals surface area contributed by atoms with Gasteiger partial charge in [0.2, 0.25) is 5.91 Å². The molecule has 0 fully saturated rings. The zero-order chi connectivity index (χ0) is 17.8. The van der Waals surface area contributed by atoms with Gasteiger partial charge in [-0.25, -0.2) is 4.98 Å². The van der Waals surface area contributed by atoms with Crippen LogP contribution in [0.5, 0.6) is 0 Å². The van der Waals surface area contributed by atoms with Crippen LogP contribution in [0.1, 0.15) is 22.4 Å². The van der Waals surface area contributed by atoms with Gasteiger partial charge in [0.1, 0.15) is 0 Å². The van der Waals surface area contributed by atoms with Gasteiger partial charge in [-0.05, 0) is 38.0 Å². The molecule has 1 aromatic heterocycles. The van der Waals surface area contributed by atoms with Crippen LogP contribution in [0.2, 0.25) is 5.02 Å². The van der Waals surface area contributed by atoms with Gasteiger partial charge in [0, 0.05) is 21.9 Å². The summed E-state index contributed by atoms with van der Waals surface area (Å²) in [6.45, 7) is 4.08. The fourth-order valence-corrected chi connectivity index (χ4v) is 3.63. The van der Waals surface area contributed by atoms with Crippen molar-refractivity contribution in [3.05, 3.63) is 69.6 Å². The second-order valence-corrected chi connectivity index (χ2v) is 7.61. The summed E-state index contributed by atoms with van der Waals surface area (Å²) in [7, 11) is 0. The molecule has 3 aromatic rings. The van der Waals surface area contributed by atoms with E-state index in [0.29, 0.717) is 23.0 Å². The SMILES string of the molecule is Cc1ccc(-c2nc(NC(=O)CCc3cccc(Cl)c3)sc2C)cc1. The van der Waals surface area contributed by atoms with E-state index >= 15 is 0 Å². The zero-order valence-corrected chi connectivity index (χ0v) is 15.7. The maximum Gasteiger partial charge on any atom is 0.226 e. The Hall–Kier alpha value is -2.17. The number of anilines is 1. The highest BCUT2D eigenvalue weighted by molar-refractivity contribution is 7.16. The third-order valence-electron chi connectivity index (χ3n) is 3.90. The summed E-state index contributed by atoms with van der Waals surface area (Å²) in [6.07, 6.45) is 1.06. The Balaban J connectivity index is 1.64. The second-order valence-electron chi connectivity index (χ2n) is 5.97. The summed E-state index contributed by atoms with van der Waals surface area (Å²) in [4.78, 5) is 17.9. The molecule has 2 aromatic carbocycles. The van der Waals surface area contributed by atoms with Crippen molar-refractivity contribution in [2.75, 3.05) is 5.32 Å². The Kier molecular flexibility index (Phi) is 5.51. The van der Waals surface area contributed by atoms with Gasteiger partial charge in [-0.3, -0.25) is 4.79 Å². The number of hydrogen-bond donors (Lipinski definition) is 1. The smallest absolute Gasteiger partial charge is 0.226 e. The molecule has 0 aliphatic heterocycles. The van der Waals surface area contributed by atoms with Gasteiger partial charge in [0.25, 0.3) is 0 Å².